The van der Waals surface area contributed by atoms with Crippen molar-refractivity contribution in [3.8, 4) is 0 Å². The van der Waals surface area contributed by atoms with Gasteiger partial charge in [-0.1, -0.05) is 29.8 Å². The van der Waals surface area contributed by atoms with E-state index in [-0.39, 0.29) is 18.6 Å². The maximum absolute atomic E-state index is 11.9. The Kier molecular flexibility index (Phi) is 4.93. The molecule has 1 aromatic carbocycles. The molecule has 1 amide bonds. The van der Waals surface area contributed by atoms with Crippen LogP contribution in [0.2, 0.25) is 0 Å². The Hall–Kier alpha value is -1.39. The van der Waals surface area contributed by atoms with Crippen LogP contribution < -0.4 is 5.73 Å². The maximum Gasteiger partial charge on any atom is 0.236 e. The third-order valence-corrected chi connectivity index (χ3v) is 3.43. The quantitative estimate of drug-likeness (QED) is 0.874. The lowest BCUT2D eigenvalue weighted by Gasteiger charge is -2.25. The van der Waals surface area contributed by atoms with Crippen LogP contribution in [0.4, 0.5) is 0 Å². The van der Waals surface area contributed by atoms with E-state index in [1.54, 1.807) is 0 Å². The molecule has 1 atom stereocenters. The molecule has 2 rings (SSSR count). The molecular weight excluding hydrogens is 240 g/mol. The van der Waals surface area contributed by atoms with Crippen LogP contribution in [-0.2, 0) is 16.1 Å². The highest BCUT2D eigenvalue weighted by molar-refractivity contribution is 5.78. The number of amides is 1. The molecule has 1 saturated heterocycles. The van der Waals surface area contributed by atoms with E-state index in [0.717, 1.165) is 25.0 Å². The van der Waals surface area contributed by atoms with Gasteiger partial charge in [-0.2, -0.15) is 0 Å². The Labute approximate surface area is 114 Å². The standard InChI is InChI=1S/C15H22N2O2/c1-12-4-2-5-13(8-12)10-17(15(18)9-16)11-14-6-3-7-19-14/h2,4-5,8,14H,3,6-7,9-11,16H2,1H3. The van der Waals surface area contributed by atoms with E-state index in [0.29, 0.717) is 13.1 Å². The van der Waals surface area contributed by atoms with Gasteiger partial charge < -0.3 is 15.4 Å². The maximum atomic E-state index is 11.9. The van der Waals surface area contributed by atoms with Crippen LogP contribution in [0, 0.1) is 6.92 Å². The fourth-order valence-corrected chi connectivity index (χ4v) is 2.45. The topological polar surface area (TPSA) is 55.6 Å². The smallest absolute Gasteiger partial charge is 0.236 e. The molecule has 104 valence electrons. The highest BCUT2D eigenvalue weighted by atomic mass is 16.5. The fourth-order valence-electron chi connectivity index (χ4n) is 2.45. The van der Waals surface area contributed by atoms with Gasteiger partial charge in [0.1, 0.15) is 0 Å². The number of nitrogens with two attached hydrogens (primary N) is 1. The summed E-state index contributed by atoms with van der Waals surface area (Å²) >= 11 is 0. The molecule has 0 aromatic heterocycles. The number of carbonyl (C=O) groups excluding carboxylic acids is 1. The number of nitrogens with zero attached hydrogens (tertiary/aromatic N) is 1. The second kappa shape index (κ2) is 6.68. The predicted octanol–water partition coefficient (Wildman–Crippen LogP) is 1.46. The summed E-state index contributed by atoms with van der Waals surface area (Å²) in [5.74, 6) is -0.0167. The molecule has 1 aliphatic rings. The van der Waals surface area contributed by atoms with Gasteiger partial charge in [-0.05, 0) is 25.3 Å². The average molecular weight is 262 g/mol. The average Bonchev–Trinajstić information content (AvgIpc) is 2.90. The van der Waals surface area contributed by atoms with Gasteiger partial charge in [-0.3, -0.25) is 4.79 Å². The Morgan fingerprint density at radius 2 is 2.37 bits per heavy atom. The van der Waals surface area contributed by atoms with Gasteiger partial charge in [0.05, 0.1) is 12.6 Å². The number of benzene rings is 1. The molecule has 1 aromatic rings. The minimum atomic E-state index is -0.0167. The molecule has 1 aliphatic heterocycles. The lowest BCUT2D eigenvalue weighted by atomic mass is 10.1. The van der Waals surface area contributed by atoms with Crippen LogP contribution in [0.5, 0.6) is 0 Å². The monoisotopic (exact) mass is 262 g/mol. The second-order valence-electron chi connectivity index (χ2n) is 5.10. The fraction of sp³-hybridized carbons (Fsp3) is 0.533. The van der Waals surface area contributed by atoms with E-state index in [2.05, 4.69) is 19.1 Å². The van der Waals surface area contributed by atoms with Gasteiger partial charge in [0, 0.05) is 19.7 Å². The molecule has 1 fully saturated rings. The van der Waals surface area contributed by atoms with E-state index in [1.807, 2.05) is 17.0 Å². The molecule has 4 nitrogen and oxygen atoms in total. The van der Waals surface area contributed by atoms with Gasteiger partial charge in [0.2, 0.25) is 5.91 Å². The SMILES string of the molecule is Cc1cccc(CN(CC2CCCO2)C(=O)CN)c1. The van der Waals surface area contributed by atoms with E-state index < -0.39 is 0 Å². The van der Waals surface area contributed by atoms with E-state index >= 15 is 0 Å². The van der Waals surface area contributed by atoms with Crippen LogP contribution in [0.1, 0.15) is 24.0 Å². The molecule has 0 saturated carbocycles. The molecule has 0 bridgehead atoms. The molecule has 1 unspecified atom stereocenters. The molecule has 0 spiro atoms. The number of ether oxygens (including phenoxy) is 1. The van der Waals surface area contributed by atoms with Crippen molar-refractivity contribution in [3.05, 3.63) is 35.4 Å². The van der Waals surface area contributed by atoms with Crippen LogP contribution >= 0.6 is 0 Å². The van der Waals surface area contributed by atoms with Gasteiger partial charge >= 0.3 is 0 Å². The summed E-state index contributed by atoms with van der Waals surface area (Å²) in [5.41, 5.74) is 7.84. The van der Waals surface area contributed by atoms with E-state index in [4.69, 9.17) is 10.5 Å². The summed E-state index contributed by atoms with van der Waals surface area (Å²) in [6.07, 6.45) is 2.28. The van der Waals surface area contributed by atoms with Crippen molar-refractivity contribution in [2.24, 2.45) is 5.73 Å². The third-order valence-electron chi connectivity index (χ3n) is 3.43. The summed E-state index contributed by atoms with van der Waals surface area (Å²) in [6.45, 7) is 4.17. The number of carbonyl (C=O) groups is 1. The Morgan fingerprint density at radius 1 is 1.53 bits per heavy atom. The molecular formula is C15H22N2O2. The van der Waals surface area contributed by atoms with Crippen LogP contribution in [-0.4, -0.2) is 36.6 Å². The lowest BCUT2D eigenvalue weighted by Crippen LogP contribution is -2.40. The Bertz CT molecular complexity index is 428. The minimum Gasteiger partial charge on any atom is -0.376 e. The highest BCUT2D eigenvalue weighted by Crippen LogP contribution is 2.15. The second-order valence-corrected chi connectivity index (χ2v) is 5.10. The van der Waals surface area contributed by atoms with Crippen molar-refractivity contribution < 1.29 is 9.53 Å². The number of hydrogen-bond acceptors (Lipinski definition) is 3. The molecule has 0 aliphatic carbocycles. The van der Waals surface area contributed by atoms with Gasteiger partial charge in [0.15, 0.2) is 0 Å². The summed E-state index contributed by atoms with van der Waals surface area (Å²) in [6, 6.07) is 8.21. The number of hydrogen-bond donors (Lipinski definition) is 1. The summed E-state index contributed by atoms with van der Waals surface area (Å²) < 4.78 is 5.60. The van der Waals surface area contributed by atoms with Gasteiger partial charge in [-0.15, -0.1) is 0 Å². The normalized spacial score (nSPS) is 18.5. The summed E-state index contributed by atoms with van der Waals surface area (Å²) in [4.78, 5) is 13.7. The third kappa shape index (κ3) is 4.04. The molecule has 4 heteroatoms. The van der Waals surface area contributed by atoms with E-state index in [9.17, 15) is 4.79 Å². The van der Waals surface area contributed by atoms with Gasteiger partial charge in [0.25, 0.3) is 0 Å². The minimum absolute atomic E-state index is 0.0167. The Balaban J connectivity index is 2.02. The number of rotatable bonds is 5. The summed E-state index contributed by atoms with van der Waals surface area (Å²) in [5, 5.41) is 0. The predicted molar refractivity (Wildman–Crippen MR) is 74.6 cm³/mol. The lowest BCUT2D eigenvalue weighted by molar-refractivity contribution is -0.131. The first-order valence-electron chi connectivity index (χ1n) is 6.84. The largest absolute Gasteiger partial charge is 0.376 e. The zero-order valence-corrected chi connectivity index (χ0v) is 11.5. The van der Waals surface area contributed by atoms with Crippen LogP contribution in [0.15, 0.2) is 24.3 Å². The molecule has 19 heavy (non-hydrogen) atoms. The summed E-state index contributed by atoms with van der Waals surface area (Å²) in [7, 11) is 0. The van der Waals surface area contributed by atoms with E-state index in [1.165, 1.54) is 5.56 Å². The first-order chi connectivity index (χ1) is 9.19. The van der Waals surface area contributed by atoms with Crippen molar-refractivity contribution >= 4 is 5.91 Å². The molecule has 2 N–H and O–H groups in total. The van der Waals surface area contributed by atoms with Crippen LogP contribution in [0.25, 0.3) is 0 Å². The Morgan fingerprint density at radius 3 is 3.00 bits per heavy atom. The van der Waals surface area contributed by atoms with Crippen molar-refractivity contribution in [1.29, 1.82) is 0 Å². The van der Waals surface area contributed by atoms with Crippen molar-refractivity contribution in [2.45, 2.75) is 32.4 Å². The zero-order chi connectivity index (χ0) is 13.7. The molecule has 0 radical (unpaired) electrons. The molecule has 1 heterocycles. The number of aryl methyl sites for hydroxylation is 1. The van der Waals surface area contributed by atoms with Crippen molar-refractivity contribution in [2.75, 3.05) is 19.7 Å². The van der Waals surface area contributed by atoms with Crippen LogP contribution in [0.3, 0.4) is 0 Å². The van der Waals surface area contributed by atoms with Crippen molar-refractivity contribution in [3.63, 3.8) is 0 Å². The highest BCUT2D eigenvalue weighted by Gasteiger charge is 2.21. The van der Waals surface area contributed by atoms with Crippen molar-refractivity contribution in [1.82, 2.24) is 4.90 Å². The first kappa shape index (κ1) is 14.0. The first-order valence-corrected chi connectivity index (χ1v) is 6.84. The van der Waals surface area contributed by atoms with Gasteiger partial charge in [-0.25, -0.2) is 0 Å². The zero-order valence-electron chi connectivity index (χ0n) is 11.5.